The predicted octanol–water partition coefficient (Wildman–Crippen LogP) is 2.74. The normalized spacial score (nSPS) is 16.0. The topological polar surface area (TPSA) is 58.4 Å². The van der Waals surface area contributed by atoms with E-state index in [4.69, 9.17) is 5.73 Å². The van der Waals surface area contributed by atoms with Crippen LogP contribution >= 0.6 is 0 Å². The molecule has 0 aliphatic carbocycles. The Kier molecular flexibility index (Phi) is 5.56. The number of carbonyl (C=O) groups is 1. The molecule has 116 valence electrons. The van der Waals surface area contributed by atoms with E-state index in [1.165, 1.54) is 6.07 Å². The SMILES string of the molecule is CC(CN)CCC(=O)Nc1ccc(N2CCCC2)c(F)c1. The molecule has 1 aromatic rings. The van der Waals surface area contributed by atoms with Crippen LogP contribution in [0.1, 0.15) is 32.6 Å². The molecule has 0 saturated carbocycles. The Bertz CT molecular complexity index is 486. The van der Waals surface area contributed by atoms with Gasteiger partial charge in [0.15, 0.2) is 0 Å². The third-order valence-corrected chi connectivity index (χ3v) is 3.94. The van der Waals surface area contributed by atoms with Crippen LogP contribution in [0.25, 0.3) is 0 Å². The summed E-state index contributed by atoms with van der Waals surface area (Å²) in [6, 6.07) is 4.91. The highest BCUT2D eigenvalue weighted by molar-refractivity contribution is 5.90. The fourth-order valence-electron chi connectivity index (χ4n) is 2.52. The fraction of sp³-hybridized carbons (Fsp3) is 0.562. The van der Waals surface area contributed by atoms with Crippen molar-refractivity contribution >= 4 is 17.3 Å². The highest BCUT2D eigenvalue weighted by atomic mass is 19.1. The zero-order valence-corrected chi connectivity index (χ0v) is 12.6. The number of hydrogen-bond acceptors (Lipinski definition) is 3. The van der Waals surface area contributed by atoms with Gasteiger partial charge in [0.25, 0.3) is 0 Å². The number of nitrogens with two attached hydrogens (primary N) is 1. The number of hydrogen-bond donors (Lipinski definition) is 2. The maximum Gasteiger partial charge on any atom is 0.224 e. The van der Waals surface area contributed by atoms with Crippen LogP contribution in [0, 0.1) is 11.7 Å². The van der Waals surface area contributed by atoms with Gasteiger partial charge >= 0.3 is 0 Å². The van der Waals surface area contributed by atoms with E-state index in [9.17, 15) is 9.18 Å². The van der Waals surface area contributed by atoms with Crippen LogP contribution in [0.5, 0.6) is 0 Å². The van der Waals surface area contributed by atoms with Crippen LogP contribution in [0.4, 0.5) is 15.8 Å². The molecule has 21 heavy (non-hydrogen) atoms. The lowest BCUT2D eigenvalue weighted by Gasteiger charge is -2.19. The summed E-state index contributed by atoms with van der Waals surface area (Å²) in [7, 11) is 0. The lowest BCUT2D eigenvalue weighted by atomic mass is 10.1. The van der Waals surface area contributed by atoms with Crippen LogP contribution in [0.3, 0.4) is 0 Å². The summed E-state index contributed by atoms with van der Waals surface area (Å²) in [5.41, 5.74) is 6.66. The van der Waals surface area contributed by atoms with Crippen molar-refractivity contribution < 1.29 is 9.18 Å². The van der Waals surface area contributed by atoms with Crippen molar-refractivity contribution in [2.75, 3.05) is 29.9 Å². The van der Waals surface area contributed by atoms with Crippen molar-refractivity contribution in [3.63, 3.8) is 0 Å². The third kappa shape index (κ3) is 4.43. The number of rotatable bonds is 6. The van der Waals surface area contributed by atoms with Gasteiger partial charge in [0.05, 0.1) is 5.69 Å². The molecule has 1 fully saturated rings. The monoisotopic (exact) mass is 293 g/mol. The van der Waals surface area contributed by atoms with Gasteiger partial charge in [0, 0.05) is 25.2 Å². The molecular weight excluding hydrogens is 269 g/mol. The number of amides is 1. The quantitative estimate of drug-likeness (QED) is 0.848. The second-order valence-electron chi connectivity index (χ2n) is 5.79. The van der Waals surface area contributed by atoms with E-state index >= 15 is 0 Å². The van der Waals surface area contributed by atoms with E-state index in [1.54, 1.807) is 12.1 Å². The van der Waals surface area contributed by atoms with E-state index in [0.29, 0.717) is 30.3 Å². The van der Waals surface area contributed by atoms with Gasteiger partial charge in [-0.2, -0.15) is 0 Å². The van der Waals surface area contributed by atoms with Gasteiger partial charge in [-0.15, -0.1) is 0 Å². The minimum Gasteiger partial charge on any atom is -0.369 e. The Morgan fingerprint density at radius 1 is 1.43 bits per heavy atom. The average molecular weight is 293 g/mol. The van der Waals surface area contributed by atoms with Gasteiger partial charge in [-0.05, 0) is 49.9 Å². The fourth-order valence-corrected chi connectivity index (χ4v) is 2.52. The van der Waals surface area contributed by atoms with Crippen molar-refractivity contribution in [2.45, 2.75) is 32.6 Å². The lowest BCUT2D eigenvalue weighted by Crippen LogP contribution is -2.19. The summed E-state index contributed by atoms with van der Waals surface area (Å²) in [6.45, 7) is 4.39. The Morgan fingerprint density at radius 3 is 2.76 bits per heavy atom. The molecule has 0 aromatic heterocycles. The predicted molar refractivity (Wildman–Crippen MR) is 83.9 cm³/mol. The molecule has 0 spiro atoms. The zero-order chi connectivity index (χ0) is 15.2. The van der Waals surface area contributed by atoms with Crippen LogP contribution in [0.2, 0.25) is 0 Å². The smallest absolute Gasteiger partial charge is 0.224 e. The minimum absolute atomic E-state index is 0.0939. The molecular formula is C16H24FN3O. The van der Waals surface area contributed by atoms with E-state index in [1.807, 2.05) is 11.8 Å². The van der Waals surface area contributed by atoms with E-state index in [0.717, 1.165) is 32.4 Å². The lowest BCUT2D eigenvalue weighted by molar-refractivity contribution is -0.116. The molecule has 0 radical (unpaired) electrons. The van der Waals surface area contributed by atoms with Crippen molar-refractivity contribution in [1.82, 2.24) is 0 Å². The molecule has 1 atom stereocenters. The number of benzene rings is 1. The molecule has 5 heteroatoms. The molecule has 4 nitrogen and oxygen atoms in total. The van der Waals surface area contributed by atoms with Crippen LogP contribution in [0.15, 0.2) is 18.2 Å². The summed E-state index contributed by atoms with van der Waals surface area (Å²) in [6.07, 6.45) is 3.37. The summed E-state index contributed by atoms with van der Waals surface area (Å²) >= 11 is 0. The van der Waals surface area contributed by atoms with Crippen LogP contribution in [-0.2, 0) is 4.79 Å². The van der Waals surface area contributed by atoms with Gasteiger partial charge < -0.3 is 16.0 Å². The molecule has 1 aliphatic rings. The van der Waals surface area contributed by atoms with Crippen LogP contribution < -0.4 is 16.0 Å². The Hall–Kier alpha value is -1.62. The third-order valence-electron chi connectivity index (χ3n) is 3.94. The maximum absolute atomic E-state index is 14.1. The molecule has 2 rings (SSSR count). The summed E-state index contributed by atoms with van der Waals surface area (Å²) in [5, 5.41) is 2.74. The van der Waals surface area contributed by atoms with E-state index < -0.39 is 0 Å². The number of carbonyl (C=O) groups excluding carboxylic acids is 1. The Labute approximate surface area is 125 Å². The summed E-state index contributed by atoms with van der Waals surface area (Å²) in [5.74, 6) is -0.0429. The molecule has 3 N–H and O–H groups in total. The molecule has 1 amide bonds. The number of halogens is 1. The first-order chi connectivity index (χ1) is 10.1. The van der Waals surface area contributed by atoms with Crippen molar-refractivity contribution in [1.29, 1.82) is 0 Å². The summed E-state index contributed by atoms with van der Waals surface area (Å²) in [4.78, 5) is 13.8. The zero-order valence-electron chi connectivity index (χ0n) is 12.6. The van der Waals surface area contributed by atoms with Gasteiger partial charge in [0.1, 0.15) is 5.82 Å². The largest absolute Gasteiger partial charge is 0.369 e. The molecule has 0 bridgehead atoms. The summed E-state index contributed by atoms with van der Waals surface area (Å²) < 4.78 is 14.1. The second kappa shape index (κ2) is 7.41. The highest BCUT2D eigenvalue weighted by Crippen LogP contribution is 2.26. The molecule has 1 aromatic carbocycles. The van der Waals surface area contributed by atoms with Crippen LogP contribution in [-0.4, -0.2) is 25.5 Å². The Balaban J connectivity index is 1.92. The Morgan fingerprint density at radius 2 is 2.14 bits per heavy atom. The van der Waals surface area contributed by atoms with E-state index in [-0.39, 0.29) is 11.7 Å². The number of nitrogens with zero attached hydrogens (tertiary/aromatic N) is 1. The van der Waals surface area contributed by atoms with Gasteiger partial charge in [-0.1, -0.05) is 6.92 Å². The highest BCUT2D eigenvalue weighted by Gasteiger charge is 2.16. The average Bonchev–Trinajstić information content (AvgIpc) is 2.98. The minimum atomic E-state index is -0.273. The number of nitrogens with one attached hydrogen (secondary N) is 1. The first-order valence-corrected chi connectivity index (χ1v) is 7.64. The maximum atomic E-state index is 14.1. The first-order valence-electron chi connectivity index (χ1n) is 7.64. The number of anilines is 2. The first kappa shape index (κ1) is 15.8. The van der Waals surface area contributed by atoms with Gasteiger partial charge in [-0.25, -0.2) is 4.39 Å². The van der Waals surface area contributed by atoms with Crippen molar-refractivity contribution in [2.24, 2.45) is 11.7 Å². The van der Waals surface area contributed by atoms with Gasteiger partial charge in [-0.3, -0.25) is 4.79 Å². The molecule has 1 saturated heterocycles. The molecule has 1 unspecified atom stereocenters. The van der Waals surface area contributed by atoms with Gasteiger partial charge in [0.2, 0.25) is 5.91 Å². The van der Waals surface area contributed by atoms with Crippen molar-refractivity contribution in [3.8, 4) is 0 Å². The standard InChI is InChI=1S/C16H24FN3O/c1-12(11-18)4-7-16(21)19-13-5-6-15(14(17)10-13)20-8-2-3-9-20/h5-6,10,12H,2-4,7-9,11,18H2,1H3,(H,19,21). The van der Waals surface area contributed by atoms with Crippen molar-refractivity contribution in [3.05, 3.63) is 24.0 Å². The second-order valence-corrected chi connectivity index (χ2v) is 5.79. The van der Waals surface area contributed by atoms with E-state index in [2.05, 4.69) is 5.32 Å². The molecule has 1 aliphatic heterocycles. The molecule has 1 heterocycles.